The highest BCUT2D eigenvalue weighted by molar-refractivity contribution is 5.94. The topological polar surface area (TPSA) is 41.6 Å². The molecule has 1 aromatic rings. The first-order valence-electron chi connectivity index (χ1n) is 6.56. The van der Waals surface area contributed by atoms with Crippen LogP contribution in [0.5, 0.6) is 0 Å². The van der Waals surface area contributed by atoms with Crippen molar-refractivity contribution >= 4 is 5.91 Å². The number of likely N-dealkylation sites (N-methyl/N-ethyl adjacent to an activating group) is 1. The van der Waals surface area contributed by atoms with Crippen LogP contribution in [0, 0.1) is 5.82 Å². The van der Waals surface area contributed by atoms with Crippen molar-refractivity contribution in [3.63, 3.8) is 0 Å². The number of hydrogen-bond acceptors (Lipinski definition) is 3. The fourth-order valence-corrected chi connectivity index (χ4v) is 2.10. The molecule has 4 nitrogen and oxygen atoms in total. The Morgan fingerprint density at radius 2 is 2.21 bits per heavy atom. The van der Waals surface area contributed by atoms with Crippen LogP contribution in [-0.4, -0.2) is 49.7 Å². The largest absolute Gasteiger partial charge is 0.374 e. The number of halogens is 1. The van der Waals surface area contributed by atoms with Crippen molar-refractivity contribution in [2.45, 2.75) is 13.0 Å². The molecule has 1 unspecified atom stereocenters. The van der Waals surface area contributed by atoms with Gasteiger partial charge in [-0.1, -0.05) is 6.92 Å². The average Bonchev–Trinajstić information content (AvgIpc) is 2.46. The van der Waals surface area contributed by atoms with E-state index in [-0.39, 0.29) is 17.8 Å². The lowest BCUT2D eigenvalue weighted by Crippen LogP contribution is -2.47. The second-order valence-electron chi connectivity index (χ2n) is 4.60. The highest BCUT2D eigenvalue weighted by Gasteiger charge is 2.19. The summed E-state index contributed by atoms with van der Waals surface area (Å²) in [6, 6.07) is 5.52. The number of ether oxygens (including phenoxy) is 1. The van der Waals surface area contributed by atoms with Crippen molar-refractivity contribution in [3.8, 4) is 0 Å². The Morgan fingerprint density at radius 1 is 1.47 bits per heavy atom. The summed E-state index contributed by atoms with van der Waals surface area (Å²) >= 11 is 0. The molecule has 1 atom stereocenters. The Morgan fingerprint density at radius 3 is 2.89 bits per heavy atom. The van der Waals surface area contributed by atoms with E-state index in [4.69, 9.17) is 4.74 Å². The maximum atomic E-state index is 12.8. The second-order valence-corrected chi connectivity index (χ2v) is 4.60. The van der Waals surface area contributed by atoms with Crippen LogP contribution in [0.4, 0.5) is 4.39 Å². The zero-order chi connectivity index (χ0) is 13.7. The molecule has 104 valence electrons. The van der Waals surface area contributed by atoms with Gasteiger partial charge >= 0.3 is 0 Å². The van der Waals surface area contributed by atoms with Crippen LogP contribution >= 0.6 is 0 Å². The molecular weight excluding hydrogens is 247 g/mol. The molecule has 0 saturated carbocycles. The summed E-state index contributed by atoms with van der Waals surface area (Å²) in [5.41, 5.74) is 0.463. The van der Waals surface area contributed by atoms with Crippen molar-refractivity contribution in [2.75, 3.05) is 32.8 Å². The molecule has 1 N–H and O–H groups in total. The van der Waals surface area contributed by atoms with E-state index >= 15 is 0 Å². The Bertz CT molecular complexity index is 422. The highest BCUT2D eigenvalue weighted by atomic mass is 19.1. The molecule has 1 amide bonds. The van der Waals surface area contributed by atoms with Gasteiger partial charge in [0.05, 0.1) is 12.7 Å². The molecule has 1 aromatic carbocycles. The van der Waals surface area contributed by atoms with Gasteiger partial charge in [0.15, 0.2) is 0 Å². The van der Waals surface area contributed by atoms with Crippen molar-refractivity contribution in [2.24, 2.45) is 0 Å². The first-order valence-corrected chi connectivity index (χ1v) is 6.56. The van der Waals surface area contributed by atoms with E-state index in [1.54, 1.807) is 0 Å². The zero-order valence-electron chi connectivity index (χ0n) is 11.1. The minimum Gasteiger partial charge on any atom is -0.374 e. The van der Waals surface area contributed by atoms with Crippen LogP contribution in [0.15, 0.2) is 24.3 Å². The summed E-state index contributed by atoms with van der Waals surface area (Å²) in [7, 11) is 0. The average molecular weight is 266 g/mol. The van der Waals surface area contributed by atoms with Crippen LogP contribution in [0.1, 0.15) is 17.3 Å². The molecule has 1 fully saturated rings. The summed E-state index contributed by atoms with van der Waals surface area (Å²) in [6.07, 6.45) is 0.0260. The third kappa shape index (κ3) is 4.01. The SMILES string of the molecule is CCN1CCOC(CNC(=O)c2ccc(F)cc2)C1. The van der Waals surface area contributed by atoms with E-state index < -0.39 is 0 Å². The first-order chi connectivity index (χ1) is 9.19. The highest BCUT2D eigenvalue weighted by Crippen LogP contribution is 2.05. The maximum Gasteiger partial charge on any atom is 0.251 e. The predicted octanol–water partition coefficient (Wildman–Crippen LogP) is 1.28. The van der Waals surface area contributed by atoms with Crippen molar-refractivity contribution in [3.05, 3.63) is 35.6 Å². The molecule has 0 bridgehead atoms. The van der Waals surface area contributed by atoms with Crippen molar-refractivity contribution in [1.82, 2.24) is 10.2 Å². The van der Waals surface area contributed by atoms with Crippen molar-refractivity contribution in [1.29, 1.82) is 0 Å². The number of rotatable bonds is 4. The standard InChI is InChI=1S/C14H19FN2O2/c1-2-17-7-8-19-13(10-17)9-16-14(18)11-3-5-12(15)6-4-11/h3-6,13H,2,7-10H2,1H3,(H,16,18). The van der Waals surface area contributed by atoms with Crippen molar-refractivity contribution < 1.29 is 13.9 Å². The van der Waals surface area contributed by atoms with Crippen LogP contribution < -0.4 is 5.32 Å². The van der Waals surface area contributed by atoms with Gasteiger partial charge in [-0.25, -0.2) is 4.39 Å². The number of benzene rings is 1. The Labute approximate surface area is 112 Å². The molecule has 0 radical (unpaired) electrons. The Kier molecular flexibility index (Phi) is 4.87. The fraction of sp³-hybridized carbons (Fsp3) is 0.500. The van der Waals surface area contributed by atoms with Gasteiger partial charge in [-0.2, -0.15) is 0 Å². The molecule has 1 heterocycles. The van der Waals surface area contributed by atoms with E-state index in [9.17, 15) is 9.18 Å². The molecule has 0 aromatic heterocycles. The minimum atomic E-state index is -0.342. The molecule has 5 heteroatoms. The number of nitrogens with one attached hydrogen (secondary N) is 1. The van der Waals surface area contributed by atoms with Gasteiger partial charge in [0.2, 0.25) is 0 Å². The smallest absolute Gasteiger partial charge is 0.251 e. The summed E-state index contributed by atoms with van der Waals surface area (Å²) in [5.74, 6) is -0.539. The lowest BCUT2D eigenvalue weighted by atomic mass is 10.2. The van der Waals surface area contributed by atoms with Crippen LogP contribution in [-0.2, 0) is 4.74 Å². The molecule has 19 heavy (non-hydrogen) atoms. The van der Waals surface area contributed by atoms with E-state index in [2.05, 4.69) is 17.1 Å². The normalized spacial score (nSPS) is 20.2. The monoisotopic (exact) mass is 266 g/mol. The number of nitrogens with zero attached hydrogens (tertiary/aromatic N) is 1. The molecule has 1 saturated heterocycles. The Balaban J connectivity index is 1.81. The van der Waals surface area contributed by atoms with Crippen LogP contribution in [0.25, 0.3) is 0 Å². The van der Waals surface area contributed by atoms with E-state index in [0.29, 0.717) is 18.7 Å². The van der Waals surface area contributed by atoms with Gasteiger partial charge in [-0.3, -0.25) is 9.69 Å². The van der Waals surface area contributed by atoms with E-state index in [1.165, 1.54) is 24.3 Å². The number of carbonyl (C=O) groups is 1. The number of amides is 1. The quantitative estimate of drug-likeness (QED) is 0.892. The summed E-state index contributed by atoms with van der Waals surface area (Å²) in [5, 5.41) is 2.82. The fourth-order valence-electron chi connectivity index (χ4n) is 2.10. The van der Waals surface area contributed by atoms with E-state index in [0.717, 1.165) is 19.6 Å². The summed E-state index contributed by atoms with van der Waals surface area (Å²) in [6.45, 7) is 6.06. The van der Waals surface area contributed by atoms with Gasteiger partial charge in [0, 0.05) is 25.2 Å². The predicted molar refractivity (Wildman–Crippen MR) is 70.6 cm³/mol. The van der Waals surface area contributed by atoms with Gasteiger partial charge in [0.25, 0.3) is 5.91 Å². The lowest BCUT2D eigenvalue weighted by molar-refractivity contribution is -0.0246. The van der Waals surface area contributed by atoms with Gasteiger partial charge in [-0.15, -0.1) is 0 Å². The zero-order valence-corrected chi connectivity index (χ0v) is 11.1. The summed E-state index contributed by atoms with van der Waals surface area (Å²) in [4.78, 5) is 14.1. The molecule has 2 rings (SSSR count). The number of morpholine rings is 1. The van der Waals surface area contributed by atoms with E-state index in [1.807, 2.05) is 0 Å². The molecular formula is C14H19FN2O2. The molecule has 1 aliphatic heterocycles. The lowest BCUT2D eigenvalue weighted by Gasteiger charge is -2.32. The van der Waals surface area contributed by atoms with Gasteiger partial charge in [0.1, 0.15) is 5.82 Å². The van der Waals surface area contributed by atoms with Gasteiger partial charge < -0.3 is 10.1 Å². The van der Waals surface area contributed by atoms with Crippen LogP contribution in [0.2, 0.25) is 0 Å². The molecule has 1 aliphatic rings. The molecule has 0 spiro atoms. The van der Waals surface area contributed by atoms with Gasteiger partial charge in [-0.05, 0) is 30.8 Å². The first kappa shape index (κ1) is 14.0. The molecule has 0 aliphatic carbocycles. The number of carbonyl (C=O) groups excluding carboxylic acids is 1. The Hall–Kier alpha value is -1.46. The van der Waals surface area contributed by atoms with Crippen LogP contribution in [0.3, 0.4) is 0 Å². The summed E-state index contributed by atoms with van der Waals surface area (Å²) < 4.78 is 18.4. The third-order valence-electron chi connectivity index (χ3n) is 3.27. The third-order valence-corrected chi connectivity index (χ3v) is 3.27. The maximum absolute atomic E-state index is 12.8. The second kappa shape index (κ2) is 6.63. The minimum absolute atomic E-state index is 0.0260. The number of hydrogen-bond donors (Lipinski definition) is 1.